The molecule has 0 heterocycles. The molecule has 1 N–H and O–H groups in total. The van der Waals surface area contributed by atoms with Crippen molar-refractivity contribution in [1.29, 1.82) is 0 Å². The minimum atomic E-state index is -1.63. The molecule has 2 nitrogen and oxygen atoms in total. The van der Waals surface area contributed by atoms with Gasteiger partial charge in [-0.1, -0.05) is 19.4 Å². The summed E-state index contributed by atoms with van der Waals surface area (Å²) < 4.78 is 38.9. The number of carboxylic acids is 1. The summed E-state index contributed by atoms with van der Waals surface area (Å²) >= 11 is 0. The third kappa shape index (κ3) is 2.35. The lowest BCUT2D eigenvalue weighted by molar-refractivity contribution is -0.139. The van der Waals surface area contributed by atoms with E-state index in [1.807, 2.05) is 0 Å². The Kier molecular flexibility index (Phi) is 3.93. The lowest BCUT2D eigenvalue weighted by atomic mass is 9.94. The Morgan fingerprint density at radius 2 is 1.94 bits per heavy atom. The van der Waals surface area contributed by atoms with Crippen LogP contribution in [0, 0.1) is 17.5 Å². The van der Waals surface area contributed by atoms with E-state index in [0.29, 0.717) is 6.42 Å². The molecule has 1 atom stereocenters. The Hall–Kier alpha value is -1.52. The molecule has 0 aromatic heterocycles. The first kappa shape index (κ1) is 12.5. The maximum Gasteiger partial charge on any atom is 0.311 e. The average molecular weight is 232 g/mol. The first-order valence-electron chi connectivity index (χ1n) is 4.85. The second kappa shape index (κ2) is 5.01. The molecule has 0 saturated carbocycles. The van der Waals surface area contributed by atoms with Gasteiger partial charge in [0.15, 0.2) is 17.5 Å². The van der Waals surface area contributed by atoms with E-state index in [1.165, 1.54) is 0 Å². The first-order valence-corrected chi connectivity index (χ1v) is 4.85. The van der Waals surface area contributed by atoms with E-state index in [-0.39, 0.29) is 12.0 Å². The van der Waals surface area contributed by atoms with Crippen LogP contribution in [0.25, 0.3) is 0 Å². The quantitative estimate of drug-likeness (QED) is 0.810. The molecule has 0 radical (unpaired) electrons. The van der Waals surface area contributed by atoms with Crippen LogP contribution in [0.15, 0.2) is 12.1 Å². The smallest absolute Gasteiger partial charge is 0.311 e. The molecule has 5 heteroatoms. The van der Waals surface area contributed by atoms with Crippen LogP contribution >= 0.6 is 0 Å². The van der Waals surface area contributed by atoms with Gasteiger partial charge in [0.05, 0.1) is 5.92 Å². The van der Waals surface area contributed by atoms with Crippen molar-refractivity contribution in [1.82, 2.24) is 0 Å². The standard InChI is InChI=1S/C11H11F3O2/c1-2-3-7(11(15)16)6-4-5-8(12)10(14)9(6)13/h4-5,7H,2-3H2,1H3,(H,15,16). The summed E-state index contributed by atoms with van der Waals surface area (Å²) in [6.45, 7) is 1.73. The zero-order valence-electron chi connectivity index (χ0n) is 8.64. The summed E-state index contributed by atoms with van der Waals surface area (Å²) in [7, 11) is 0. The number of hydrogen-bond donors (Lipinski definition) is 1. The number of benzene rings is 1. The third-order valence-corrected chi connectivity index (χ3v) is 2.32. The molecule has 0 amide bonds. The summed E-state index contributed by atoms with van der Waals surface area (Å²) in [6.07, 6.45) is 0.687. The van der Waals surface area contributed by atoms with Gasteiger partial charge in [-0.2, -0.15) is 0 Å². The summed E-state index contributed by atoms with van der Waals surface area (Å²) in [5.41, 5.74) is -0.312. The number of rotatable bonds is 4. The molecule has 1 aromatic carbocycles. The number of carboxylic acid groups (broad SMARTS) is 1. The van der Waals surface area contributed by atoms with Crippen LogP contribution in [-0.2, 0) is 4.79 Å². The highest BCUT2D eigenvalue weighted by Crippen LogP contribution is 2.26. The number of hydrogen-bond acceptors (Lipinski definition) is 1. The van der Waals surface area contributed by atoms with E-state index in [2.05, 4.69) is 0 Å². The monoisotopic (exact) mass is 232 g/mol. The fourth-order valence-electron chi connectivity index (χ4n) is 1.51. The van der Waals surface area contributed by atoms with Gasteiger partial charge in [0, 0.05) is 5.56 Å². The fraction of sp³-hybridized carbons (Fsp3) is 0.364. The number of carbonyl (C=O) groups is 1. The van der Waals surface area contributed by atoms with Gasteiger partial charge in [-0.25, -0.2) is 13.2 Å². The van der Waals surface area contributed by atoms with Crippen molar-refractivity contribution in [2.75, 3.05) is 0 Å². The highest BCUT2D eigenvalue weighted by atomic mass is 19.2. The molecule has 0 fully saturated rings. The highest BCUT2D eigenvalue weighted by Gasteiger charge is 2.25. The number of aliphatic carboxylic acids is 1. The van der Waals surface area contributed by atoms with Crippen molar-refractivity contribution in [2.24, 2.45) is 0 Å². The van der Waals surface area contributed by atoms with Crippen molar-refractivity contribution in [3.05, 3.63) is 35.1 Å². The van der Waals surface area contributed by atoms with Crippen molar-refractivity contribution in [3.63, 3.8) is 0 Å². The molecule has 0 bridgehead atoms. The Morgan fingerprint density at radius 3 is 2.44 bits per heavy atom. The zero-order chi connectivity index (χ0) is 12.3. The third-order valence-electron chi connectivity index (χ3n) is 2.32. The topological polar surface area (TPSA) is 37.3 Å². The van der Waals surface area contributed by atoms with E-state index in [4.69, 9.17) is 5.11 Å². The van der Waals surface area contributed by atoms with Crippen LogP contribution in [0.3, 0.4) is 0 Å². The van der Waals surface area contributed by atoms with E-state index >= 15 is 0 Å². The van der Waals surface area contributed by atoms with Crippen LogP contribution in [0.1, 0.15) is 31.2 Å². The highest BCUT2D eigenvalue weighted by molar-refractivity contribution is 5.76. The van der Waals surface area contributed by atoms with Gasteiger partial charge in [-0.3, -0.25) is 4.79 Å². The largest absolute Gasteiger partial charge is 0.481 e. The van der Waals surface area contributed by atoms with Crippen molar-refractivity contribution < 1.29 is 23.1 Å². The SMILES string of the molecule is CCCC(C(=O)O)c1ccc(F)c(F)c1F. The molecule has 0 aliphatic heterocycles. The maximum atomic E-state index is 13.3. The van der Waals surface area contributed by atoms with E-state index < -0.39 is 29.3 Å². The molecular formula is C11H11F3O2. The predicted molar refractivity (Wildman–Crippen MR) is 51.6 cm³/mol. The molecule has 88 valence electrons. The van der Waals surface area contributed by atoms with Gasteiger partial charge < -0.3 is 5.11 Å². The van der Waals surface area contributed by atoms with Crippen LogP contribution in [-0.4, -0.2) is 11.1 Å². The maximum absolute atomic E-state index is 13.3. The number of halogens is 3. The van der Waals surface area contributed by atoms with Crippen molar-refractivity contribution >= 4 is 5.97 Å². The average Bonchev–Trinajstić information content (AvgIpc) is 2.24. The second-order valence-corrected chi connectivity index (χ2v) is 3.44. The normalized spacial score (nSPS) is 12.5. The Balaban J connectivity index is 3.20. The Morgan fingerprint density at radius 1 is 1.31 bits per heavy atom. The van der Waals surface area contributed by atoms with Crippen molar-refractivity contribution in [3.8, 4) is 0 Å². The van der Waals surface area contributed by atoms with Crippen LogP contribution in [0.5, 0.6) is 0 Å². The molecule has 1 rings (SSSR count). The summed E-state index contributed by atoms with van der Waals surface area (Å²) in [6, 6.07) is 1.71. The zero-order valence-corrected chi connectivity index (χ0v) is 8.64. The molecule has 1 unspecified atom stereocenters. The van der Waals surface area contributed by atoms with Crippen molar-refractivity contribution in [2.45, 2.75) is 25.7 Å². The Bertz CT molecular complexity index is 404. The predicted octanol–water partition coefficient (Wildman–Crippen LogP) is 3.07. The molecule has 16 heavy (non-hydrogen) atoms. The van der Waals surface area contributed by atoms with E-state index in [9.17, 15) is 18.0 Å². The van der Waals surface area contributed by atoms with Crippen LogP contribution < -0.4 is 0 Å². The molecule has 1 aromatic rings. The minimum Gasteiger partial charge on any atom is -0.481 e. The van der Waals surface area contributed by atoms with Gasteiger partial charge in [-0.05, 0) is 12.5 Å². The lowest BCUT2D eigenvalue weighted by Crippen LogP contribution is -2.14. The van der Waals surface area contributed by atoms with Gasteiger partial charge in [-0.15, -0.1) is 0 Å². The van der Waals surface area contributed by atoms with Gasteiger partial charge in [0.2, 0.25) is 0 Å². The van der Waals surface area contributed by atoms with Crippen LogP contribution in [0.4, 0.5) is 13.2 Å². The fourth-order valence-corrected chi connectivity index (χ4v) is 1.51. The Labute approximate surface area is 90.7 Å². The molecule has 0 saturated heterocycles. The first-order chi connectivity index (χ1) is 7.49. The molecule has 0 aliphatic rings. The summed E-state index contributed by atoms with van der Waals surface area (Å²) in [5.74, 6) is -6.74. The minimum absolute atomic E-state index is 0.178. The van der Waals surface area contributed by atoms with E-state index in [0.717, 1.165) is 12.1 Å². The molecule has 0 spiro atoms. The van der Waals surface area contributed by atoms with E-state index in [1.54, 1.807) is 6.92 Å². The second-order valence-electron chi connectivity index (χ2n) is 3.44. The summed E-state index contributed by atoms with van der Waals surface area (Å²) in [5, 5.41) is 8.86. The lowest BCUT2D eigenvalue weighted by Gasteiger charge is -2.12. The van der Waals surface area contributed by atoms with Gasteiger partial charge in [0.1, 0.15) is 0 Å². The van der Waals surface area contributed by atoms with Gasteiger partial charge >= 0.3 is 5.97 Å². The van der Waals surface area contributed by atoms with Gasteiger partial charge in [0.25, 0.3) is 0 Å². The molecule has 0 aliphatic carbocycles. The molecular weight excluding hydrogens is 221 g/mol. The summed E-state index contributed by atoms with van der Waals surface area (Å²) in [4.78, 5) is 10.9. The van der Waals surface area contributed by atoms with Crippen LogP contribution in [0.2, 0.25) is 0 Å².